The fourth-order valence-corrected chi connectivity index (χ4v) is 2.96. The van der Waals surface area contributed by atoms with Gasteiger partial charge in [0.15, 0.2) is 0 Å². The van der Waals surface area contributed by atoms with Gasteiger partial charge in [-0.3, -0.25) is 0 Å². The van der Waals surface area contributed by atoms with E-state index in [-0.39, 0.29) is 5.54 Å². The van der Waals surface area contributed by atoms with Crippen molar-refractivity contribution in [3.63, 3.8) is 0 Å². The molecule has 0 saturated heterocycles. The zero-order chi connectivity index (χ0) is 12.7. The van der Waals surface area contributed by atoms with Crippen LogP contribution in [0.25, 0.3) is 0 Å². The molecular formula is C14H30N2O. The van der Waals surface area contributed by atoms with Gasteiger partial charge in [0.25, 0.3) is 0 Å². The number of nitrogens with zero attached hydrogens (tertiary/aromatic N) is 1. The minimum absolute atomic E-state index is 0.0217. The fourth-order valence-electron chi connectivity index (χ4n) is 2.96. The number of aliphatic hydroxyl groups is 1. The summed E-state index contributed by atoms with van der Waals surface area (Å²) in [7, 11) is 0. The highest BCUT2D eigenvalue weighted by atomic mass is 16.3. The topological polar surface area (TPSA) is 35.5 Å². The van der Waals surface area contributed by atoms with E-state index in [0.29, 0.717) is 6.61 Å². The molecule has 0 aromatic rings. The van der Waals surface area contributed by atoms with Crippen molar-refractivity contribution in [1.29, 1.82) is 0 Å². The second kappa shape index (κ2) is 7.34. The Kier molecular flexibility index (Phi) is 6.45. The molecule has 1 fully saturated rings. The maximum Gasteiger partial charge on any atom is 0.0613 e. The Morgan fingerprint density at radius 1 is 1.29 bits per heavy atom. The highest BCUT2D eigenvalue weighted by Crippen LogP contribution is 2.35. The maximum absolute atomic E-state index is 9.63. The van der Waals surface area contributed by atoms with Crippen LogP contribution in [0.4, 0.5) is 0 Å². The van der Waals surface area contributed by atoms with E-state index in [1.165, 1.54) is 12.8 Å². The molecule has 17 heavy (non-hydrogen) atoms. The average Bonchev–Trinajstić information content (AvgIpc) is 2.79. The van der Waals surface area contributed by atoms with Crippen LogP contribution in [0, 0.1) is 5.92 Å². The summed E-state index contributed by atoms with van der Waals surface area (Å²) < 4.78 is 0. The Hall–Kier alpha value is -0.120. The van der Waals surface area contributed by atoms with Crippen molar-refractivity contribution in [2.24, 2.45) is 5.92 Å². The first-order chi connectivity index (χ1) is 8.19. The molecule has 1 aliphatic rings. The molecule has 1 aliphatic carbocycles. The van der Waals surface area contributed by atoms with Gasteiger partial charge in [-0.05, 0) is 38.3 Å². The fraction of sp³-hybridized carbons (Fsp3) is 1.00. The van der Waals surface area contributed by atoms with Crippen LogP contribution in [0.1, 0.15) is 46.5 Å². The first-order valence-electron chi connectivity index (χ1n) is 7.28. The van der Waals surface area contributed by atoms with Gasteiger partial charge in [0, 0.05) is 18.6 Å². The Balaban J connectivity index is 2.32. The molecular weight excluding hydrogens is 212 g/mol. The first kappa shape index (κ1) is 14.9. The molecule has 0 aromatic heterocycles. The zero-order valence-electron chi connectivity index (χ0n) is 11.8. The monoisotopic (exact) mass is 242 g/mol. The summed E-state index contributed by atoms with van der Waals surface area (Å²) in [5, 5.41) is 13.2. The summed E-state index contributed by atoms with van der Waals surface area (Å²) in [5.74, 6) is 0.808. The molecule has 2 unspecified atom stereocenters. The molecule has 0 heterocycles. The third-order valence-electron chi connectivity index (χ3n) is 4.41. The van der Waals surface area contributed by atoms with Gasteiger partial charge in [0.2, 0.25) is 0 Å². The van der Waals surface area contributed by atoms with Gasteiger partial charge in [-0.15, -0.1) is 0 Å². The lowest BCUT2D eigenvalue weighted by Gasteiger charge is -2.30. The minimum Gasteiger partial charge on any atom is -0.394 e. The van der Waals surface area contributed by atoms with Gasteiger partial charge in [-0.1, -0.05) is 27.2 Å². The van der Waals surface area contributed by atoms with Crippen LogP contribution in [0.3, 0.4) is 0 Å². The van der Waals surface area contributed by atoms with E-state index in [4.69, 9.17) is 0 Å². The lowest BCUT2D eigenvalue weighted by Crippen LogP contribution is -2.49. The van der Waals surface area contributed by atoms with Gasteiger partial charge < -0.3 is 15.3 Å². The third-order valence-corrected chi connectivity index (χ3v) is 4.41. The summed E-state index contributed by atoms with van der Waals surface area (Å²) in [6, 6.07) is 0. The Labute approximate surface area is 107 Å². The van der Waals surface area contributed by atoms with E-state index < -0.39 is 0 Å². The molecule has 102 valence electrons. The average molecular weight is 242 g/mol. The van der Waals surface area contributed by atoms with Gasteiger partial charge in [0.05, 0.1) is 6.61 Å². The van der Waals surface area contributed by atoms with Gasteiger partial charge in [-0.2, -0.15) is 0 Å². The smallest absolute Gasteiger partial charge is 0.0613 e. The molecule has 2 N–H and O–H groups in total. The van der Waals surface area contributed by atoms with Crippen LogP contribution in [0.5, 0.6) is 0 Å². The van der Waals surface area contributed by atoms with Crippen molar-refractivity contribution < 1.29 is 5.11 Å². The largest absolute Gasteiger partial charge is 0.394 e. The molecule has 0 bridgehead atoms. The van der Waals surface area contributed by atoms with Gasteiger partial charge in [-0.25, -0.2) is 0 Å². The molecule has 1 saturated carbocycles. The summed E-state index contributed by atoms with van der Waals surface area (Å²) in [6.07, 6.45) is 4.81. The standard InChI is InChI=1S/C14H30N2O/c1-4-13-7-8-14(11-13,12-17)15-9-10-16(5-2)6-3/h13,15,17H,4-12H2,1-3H3. The lowest BCUT2D eigenvalue weighted by atomic mass is 9.96. The molecule has 0 aliphatic heterocycles. The second-order valence-corrected chi connectivity index (χ2v) is 5.41. The number of aliphatic hydroxyl groups excluding tert-OH is 1. The number of likely N-dealkylation sites (N-methyl/N-ethyl adjacent to an activating group) is 1. The van der Waals surface area contributed by atoms with Crippen LogP contribution < -0.4 is 5.32 Å². The van der Waals surface area contributed by atoms with Crippen molar-refractivity contribution in [2.45, 2.75) is 52.0 Å². The minimum atomic E-state index is 0.0217. The van der Waals surface area contributed by atoms with Gasteiger partial charge in [0.1, 0.15) is 0 Å². The Morgan fingerprint density at radius 3 is 2.47 bits per heavy atom. The number of hydrogen-bond acceptors (Lipinski definition) is 3. The van der Waals surface area contributed by atoms with E-state index in [0.717, 1.165) is 44.9 Å². The first-order valence-corrected chi connectivity index (χ1v) is 7.28. The van der Waals surface area contributed by atoms with Crippen LogP contribution in [0.15, 0.2) is 0 Å². The summed E-state index contributed by atoms with van der Waals surface area (Å²) >= 11 is 0. The quantitative estimate of drug-likeness (QED) is 0.682. The van der Waals surface area contributed by atoms with E-state index in [2.05, 4.69) is 31.0 Å². The molecule has 2 atom stereocenters. The lowest BCUT2D eigenvalue weighted by molar-refractivity contribution is 0.154. The SMILES string of the molecule is CCC1CCC(CO)(NCCN(CC)CC)C1. The predicted molar refractivity (Wildman–Crippen MR) is 73.2 cm³/mol. The summed E-state index contributed by atoms with van der Waals surface area (Å²) in [5.41, 5.74) is 0.0217. The number of rotatable bonds is 8. The molecule has 0 amide bonds. The zero-order valence-corrected chi connectivity index (χ0v) is 11.8. The highest BCUT2D eigenvalue weighted by Gasteiger charge is 2.37. The molecule has 3 nitrogen and oxygen atoms in total. The van der Waals surface area contributed by atoms with Crippen LogP contribution in [-0.4, -0.2) is 48.3 Å². The third kappa shape index (κ3) is 4.23. The summed E-state index contributed by atoms with van der Waals surface area (Å²) in [4.78, 5) is 2.42. The van der Waals surface area contributed by atoms with E-state index in [1.54, 1.807) is 0 Å². The molecule has 1 rings (SSSR count). The van der Waals surface area contributed by atoms with Crippen LogP contribution >= 0.6 is 0 Å². The van der Waals surface area contributed by atoms with E-state index in [1.807, 2.05) is 0 Å². The van der Waals surface area contributed by atoms with E-state index >= 15 is 0 Å². The van der Waals surface area contributed by atoms with Crippen molar-refractivity contribution in [1.82, 2.24) is 10.2 Å². The highest BCUT2D eigenvalue weighted by molar-refractivity contribution is 4.95. The normalized spacial score (nSPS) is 29.1. The Bertz CT molecular complexity index is 206. The van der Waals surface area contributed by atoms with Crippen molar-refractivity contribution in [2.75, 3.05) is 32.8 Å². The predicted octanol–water partition coefficient (Wildman–Crippen LogP) is 1.86. The van der Waals surface area contributed by atoms with Crippen LogP contribution in [-0.2, 0) is 0 Å². The Morgan fingerprint density at radius 2 is 2.00 bits per heavy atom. The number of hydrogen-bond donors (Lipinski definition) is 2. The molecule has 0 spiro atoms. The van der Waals surface area contributed by atoms with Crippen molar-refractivity contribution in [3.8, 4) is 0 Å². The van der Waals surface area contributed by atoms with Crippen molar-refractivity contribution >= 4 is 0 Å². The van der Waals surface area contributed by atoms with E-state index in [9.17, 15) is 5.11 Å². The molecule has 0 radical (unpaired) electrons. The maximum atomic E-state index is 9.63. The molecule has 3 heteroatoms. The second-order valence-electron chi connectivity index (χ2n) is 5.41. The van der Waals surface area contributed by atoms with Crippen molar-refractivity contribution in [3.05, 3.63) is 0 Å². The summed E-state index contributed by atoms with van der Waals surface area (Å²) in [6.45, 7) is 11.3. The van der Waals surface area contributed by atoms with Gasteiger partial charge >= 0.3 is 0 Å². The van der Waals surface area contributed by atoms with Crippen LogP contribution in [0.2, 0.25) is 0 Å². The molecule has 0 aromatic carbocycles. The number of nitrogens with one attached hydrogen (secondary N) is 1.